The van der Waals surface area contributed by atoms with Gasteiger partial charge in [0.05, 0.1) is 24.2 Å². The van der Waals surface area contributed by atoms with Crippen molar-refractivity contribution in [3.8, 4) is 16.9 Å². The van der Waals surface area contributed by atoms with E-state index in [9.17, 15) is 14.0 Å². The first-order valence-corrected chi connectivity index (χ1v) is 10.3. The van der Waals surface area contributed by atoms with Gasteiger partial charge in [0.1, 0.15) is 23.1 Å². The smallest absolute Gasteiger partial charge is 0.269 e. The molecule has 2 amide bonds. The summed E-state index contributed by atoms with van der Waals surface area (Å²) < 4.78 is 19.7. The molecule has 1 aliphatic rings. The summed E-state index contributed by atoms with van der Waals surface area (Å²) in [5.41, 5.74) is 13.8. The highest BCUT2D eigenvalue weighted by molar-refractivity contribution is 5.94. The molecular weight excluding hydrogens is 427 g/mol. The fourth-order valence-electron chi connectivity index (χ4n) is 3.10. The number of nitrogens with one attached hydrogen (secondary N) is 3. The number of methoxy groups -OCH3 is 1. The van der Waals surface area contributed by atoms with Gasteiger partial charge in [0.15, 0.2) is 0 Å². The molecule has 2 aromatic rings. The summed E-state index contributed by atoms with van der Waals surface area (Å²) in [4.78, 5) is 28.3. The van der Waals surface area contributed by atoms with Crippen molar-refractivity contribution in [3.63, 3.8) is 0 Å². The molecule has 1 heterocycles. The number of anilines is 1. The Labute approximate surface area is 191 Å². The molecule has 174 valence electrons. The lowest BCUT2D eigenvalue weighted by Gasteiger charge is -2.17. The summed E-state index contributed by atoms with van der Waals surface area (Å²) in [6, 6.07) is 6.55. The summed E-state index contributed by atoms with van der Waals surface area (Å²) in [5.74, 6) is -0.821. The zero-order chi connectivity index (χ0) is 24.1. The van der Waals surface area contributed by atoms with E-state index in [1.165, 1.54) is 26.3 Å². The van der Waals surface area contributed by atoms with Crippen LogP contribution in [0.4, 0.5) is 10.1 Å². The van der Waals surface area contributed by atoms with Crippen molar-refractivity contribution in [2.75, 3.05) is 19.5 Å². The summed E-state index contributed by atoms with van der Waals surface area (Å²) >= 11 is 0. The minimum Gasteiger partial charge on any atom is -0.494 e. The highest BCUT2D eigenvalue weighted by atomic mass is 19.1. The molecule has 0 unspecified atom stereocenters. The van der Waals surface area contributed by atoms with Gasteiger partial charge in [-0.15, -0.1) is 0 Å². The molecule has 3 rings (SSSR count). The lowest BCUT2D eigenvalue weighted by Crippen LogP contribution is -2.31. The minimum absolute atomic E-state index is 0.0289. The lowest BCUT2D eigenvalue weighted by molar-refractivity contribution is -0.121. The van der Waals surface area contributed by atoms with Gasteiger partial charge in [0.25, 0.3) is 5.91 Å². The van der Waals surface area contributed by atoms with Crippen LogP contribution in [0.5, 0.6) is 5.75 Å². The Morgan fingerprint density at radius 1 is 1.27 bits per heavy atom. The van der Waals surface area contributed by atoms with Gasteiger partial charge in [0, 0.05) is 36.4 Å². The summed E-state index contributed by atoms with van der Waals surface area (Å²) in [6.45, 7) is 1.58. The molecule has 9 nitrogen and oxygen atoms in total. The van der Waals surface area contributed by atoms with E-state index in [0.717, 1.165) is 12.8 Å². The minimum atomic E-state index is -0.546. The number of hydrogen-bond donors (Lipinski definition) is 5. The van der Waals surface area contributed by atoms with Gasteiger partial charge in [-0.1, -0.05) is 12.1 Å². The summed E-state index contributed by atoms with van der Waals surface area (Å²) in [7, 11) is 2.91. The number of aromatic nitrogens is 1. The number of likely N-dealkylation sites (N-methyl/N-ethyl adjacent to an activating group) is 1. The van der Waals surface area contributed by atoms with Crippen LogP contribution in [0.1, 0.15) is 18.5 Å². The van der Waals surface area contributed by atoms with E-state index < -0.39 is 11.7 Å². The lowest BCUT2D eigenvalue weighted by atomic mass is 10.0. The van der Waals surface area contributed by atoms with Crippen molar-refractivity contribution in [2.45, 2.75) is 19.8 Å². The van der Waals surface area contributed by atoms with E-state index in [0.29, 0.717) is 22.6 Å². The largest absolute Gasteiger partial charge is 0.494 e. The van der Waals surface area contributed by atoms with E-state index in [4.69, 9.17) is 16.2 Å². The van der Waals surface area contributed by atoms with E-state index >= 15 is 0 Å². The number of carbonyl (C=O) groups excluding carboxylic acids is 2. The first kappa shape index (κ1) is 23.6. The number of allylic oxidation sites excluding steroid dienone is 1. The number of benzene rings is 1. The van der Waals surface area contributed by atoms with Gasteiger partial charge in [-0.25, -0.2) is 4.39 Å². The number of nitrogens with two attached hydrogens (primary N) is 2. The third-order valence-corrected chi connectivity index (χ3v) is 5.10. The van der Waals surface area contributed by atoms with Crippen LogP contribution in [0.15, 0.2) is 53.8 Å². The molecule has 1 fully saturated rings. The van der Waals surface area contributed by atoms with Gasteiger partial charge in [-0.05, 0) is 31.9 Å². The molecule has 1 aromatic heterocycles. The zero-order valence-electron chi connectivity index (χ0n) is 18.7. The predicted molar refractivity (Wildman–Crippen MR) is 123 cm³/mol. The molecule has 33 heavy (non-hydrogen) atoms. The molecule has 1 aromatic carbocycles. The highest BCUT2D eigenvalue weighted by Gasteiger charge is 2.29. The number of carbonyl (C=O) groups is 2. The van der Waals surface area contributed by atoms with Crippen molar-refractivity contribution >= 4 is 17.5 Å². The molecule has 0 aliphatic heterocycles. The van der Waals surface area contributed by atoms with E-state index in [-0.39, 0.29) is 34.7 Å². The molecular formula is C23H27FN6O3. The number of para-hydroxylation sites is 1. The van der Waals surface area contributed by atoms with Crippen molar-refractivity contribution in [1.82, 2.24) is 15.6 Å². The number of nitrogens with zero attached hydrogens (tertiary/aromatic N) is 1. The van der Waals surface area contributed by atoms with Crippen molar-refractivity contribution < 1.29 is 18.7 Å². The Morgan fingerprint density at radius 3 is 2.61 bits per heavy atom. The van der Waals surface area contributed by atoms with Crippen LogP contribution in [0.2, 0.25) is 0 Å². The van der Waals surface area contributed by atoms with Gasteiger partial charge in [0.2, 0.25) is 5.91 Å². The Kier molecular flexibility index (Phi) is 7.17. The average molecular weight is 455 g/mol. The topological polar surface area (TPSA) is 144 Å². The molecule has 0 radical (unpaired) electrons. The first-order chi connectivity index (χ1) is 15.7. The molecule has 7 N–H and O–H groups in total. The molecule has 0 saturated heterocycles. The maximum atomic E-state index is 14.1. The third kappa shape index (κ3) is 5.59. The van der Waals surface area contributed by atoms with E-state index in [1.807, 2.05) is 0 Å². The molecule has 1 saturated carbocycles. The highest BCUT2D eigenvalue weighted by Crippen LogP contribution is 2.37. The van der Waals surface area contributed by atoms with Crippen LogP contribution in [0.3, 0.4) is 0 Å². The molecule has 10 heteroatoms. The van der Waals surface area contributed by atoms with Crippen LogP contribution in [0.25, 0.3) is 11.1 Å². The standard InChI is InChI=1S/C23H27FN6O3/c1-12-16(24)9-14(11-28-12)15-5-4-6-17(21(15)33-3)29-18(20(26)23(32)27-2)10-19(25)30-22(31)13-7-8-13/h4-6,9-11,13,29H,7-8,25-26H2,1-3H3,(H,27,32)(H,30,31)/b19-10+,20-18+. The number of hydrogen-bond acceptors (Lipinski definition) is 7. The summed E-state index contributed by atoms with van der Waals surface area (Å²) in [5, 5.41) is 8.10. The van der Waals surface area contributed by atoms with Crippen molar-refractivity contribution in [1.29, 1.82) is 0 Å². The number of ether oxygens (including phenoxy) is 1. The second-order valence-corrected chi connectivity index (χ2v) is 7.57. The van der Waals surface area contributed by atoms with Crippen LogP contribution in [-0.2, 0) is 9.59 Å². The molecule has 0 atom stereocenters. The van der Waals surface area contributed by atoms with Crippen LogP contribution < -0.4 is 32.2 Å². The predicted octanol–water partition coefficient (Wildman–Crippen LogP) is 1.86. The number of amides is 2. The molecule has 0 spiro atoms. The van der Waals surface area contributed by atoms with Gasteiger partial charge >= 0.3 is 0 Å². The van der Waals surface area contributed by atoms with Crippen molar-refractivity contribution in [3.05, 3.63) is 65.3 Å². The van der Waals surface area contributed by atoms with Gasteiger partial charge in [-0.2, -0.15) is 0 Å². The van der Waals surface area contributed by atoms with E-state index in [1.54, 1.807) is 31.3 Å². The molecule has 0 bridgehead atoms. The average Bonchev–Trinajstić information content (AvgIpc) is 3.65. The number of pyridine rings is 1. The summed E-state index contributed by atoms with van der Waals surface area (Å²) in [6.07, 6.45) is 4.54. The fourth-order valence-corrected chi connectivity index (χ4v) is 3.10. The van der Waals surface area contributed by atoms with Crippen LogP contribution >= 0.6 is 0 Å². The second-order valence-electron chi connectivity index (χ2n) is 7.57. The van der Waals surface area contributed by atoms with Gasteiger partial charge < -0.3 is 32.2 Å². The van der Waals surface area contributed by atoms with Crippen LogP contribution in [-0.4, -0.2) is 31.0 Å². The van der Waals surface area contributed by atoms with E-state index in [2.05, 4.69) is 20.9 Å². The maximum Gasteiger partial charge on any atom is 0.269 e. The Morgan fingerprint density at radius 2 is 2.00 bits per heavy atom. The second kappa shape index (κ2) is 10.0. The maximum absolute atomic E-state index is 14.1. The SMILES string of the molecule is CNC(=O)/C(N)=C(/C=C(\N)NC(=O)C1CC1)Nc1cccc(-c2cnc(C)c(F)c2)c1OC. The fraction of sp³-hybridized carbons (Fsp3) is 0.261. The quantitative estimate of drug-likeness (QED) is 0.302. The monoisotopic (exact) mass is 454 g/mol. The van der Waals surface area contributed by atoms with Crippen molar-refractivity contribution in [2.24, 2.45) is 17.4 Å². The Balaban J connectivity index is 2.00. The number of aryl methyl sites for hydroxylation is 1. The number of rotatable bonds is 8. The third-order valence-electron chi connectivity index (χ3n) is 5.10. The van der Waals surface area contributed by atoms with Gasteiger partial charge in [-0.3, -0.25) is 14.6 Å². The normalized spacial score (nSPS) is 14.2. The Bertz CT molecular complexity index is 1140. The number of halogens is 1. The van der Waals surface area contributed by atoms with Crippen LogP contribution in [0, 0.1) is 18.7 Å². The Hall–Kier alpha value is -4.08. The zero-order valence-corrected chi connectivity index (χ0v) is 18.7. The first-order valence-electron chi connectivity index (χ1n) is 10.3. The molecule has 1 aliphatic carbocycles.